The van der Waals surface area contributed by atoms with Crippen LogP contribution in [0.2, 0.25) is 5.02 Å². The van der Waals surface area contributed by atoms with Crippen molar-refractivity contribution in [1.29, 1.82) is 0 Å². The standard InChI is InChI=1S/C15H22ClN3O2/c1-10-17-9-12(16)14(18-10)15(21)19-13(7-8-20)11-5-3-2-4-6-11/h9,11,13,20H,2-8H2,1H3,(H,19,21). The summed E-state index contributed by atoms with van der Waals surface area (Å²) in [6, 6.07) is -0.0193. The summed E-state index contributed by atoms with van der Waals surface area (Å²) in [6.45, 7) is 1.79. The Kier molecular flexibility index (Phi) is 5.94. The van der Waals surface area contributed by atoms with Crippen LogP contribution < -0.4 is 5.32 Å². The topological polar surface area (TPSA) is 75.1 Å². The van der Waals surface area contributed by atoms with Crippen LogP contribution in [-0.2, 0) is 0 Å². The molecule has 0 bridgehead atoms. The normalized spacial score (nSPS) is 17.5. The molecule has 5 nitrogen and oxygen atoms in total. The van der Waals surface area contributed by atoms with E-state index in [2.05, 4.69) is 15.3 Å². The van der Waals surface area contributed by atoms with E-state index in [1.165, 1.54) is 25.5 Å². The fourth-order valence-electron chi connectivity index (χ4n) is 2.95. The first-order valence-electron chi connectivity index (χ1n) is 7.52. The Balaban J connectivity index is 2.08. The number of hydrogen-bond acceptors (Lipinski definition) is 4. The van der Waals surface area contributed by atoms with Gasteiger partial charge in [0.05, 0.1) is 11.2 Å². The van der Waals surface area contributed by atoms with Crippen LogP contribution in [0.1, 0.15) is 54.8 Å². The van der Waals surface area contributed by atoms with Crippen molar-refractivity contribution in [1.82, 2.24) is 15.3 Å². The molecule has 1 atom stereocenters. The van der Waals surface area contributed by atoms with Crippen molar-refractivity contribution in [3.05, 3.63) is 22.7 Å². The molecule has 1 fully saturated rings. The maximum atomic E-state index is 12.4. The zero-order valence-corrected chi connectivity index (χ0v) is 13.1. The maximum Gasteiger partial charge on any atom is 0.271 e. The highest BCUT2D eigenvalue weighted by molar-refractivity contribution is 6.33. The van der Waals surface area contributed by atoms with E-state index in [9.17, 15) is 9.90 Å². The van der Waals surface area contributed by atoms with E-state index in [1.807, 2.05) is 0 Å². The van der Waals surface area contributed by atoms with Gasteiger partial charge in [0.25, 0.3) is 5.91 Å². The Hall–Kier alpha value is -1.20. The summed E-state index contributed by atoms with van der Waals surface area (Å²) in [5.41, 5.74) is 0.211. The summed E-state index contributed by atoms with van der Waals surface area (Å²) in [4.78, 5) is 20.5. The van der Waals surface area contributed by atoms with Crippen molar-refractivity contribution in [2.24, 2.45) is 5.92 Å². The number of rotatable bonds is 5. The summed E-state index contributed by atoms with van der Waals surface area (Å²) in [5, 5.41) is 12.5. The molecule has 1 aliphatic carbocycles. The Bertz CT molecular complexity index is 490. The molecule has 0 aromatic carbocycles. The van der Waals surface area contributed by atoms with Crippen molar-refractivity contribution in [2.75, 3.05) is 6.61 Å². The number of carbonyl (C=O) groups excluding carboxylic acids is 1. The highest BCUT2D eigenvalue weighted by Gasteiger charge is 2.26. The molecule has 1 aromatic rings. The average Bonchev–Trinajstić information content (AvgIpc) is 2.50. The van der Waals surface area contributed by atoms with Crippen molar-refractivity contribution in [3.8, 4) is 0 Å². The summed E-state index contributed by atoms with van der Waals surface area (Å²) >= 11 is 6.00. The number of aromatic nitrogens is 2. The molecule has 21 heavy (non-hydrogen) atoms. The van der Waals surface area contributed by atoms with Crippen molar-refractivity contribution < 1.29 is 9.90 Å². The highest BCUT2D eigenvalue weighted by atomic mass is 35.5. The van der Waals surface area contributed by atoms with Crippen LogP contribution in [0.15, 0.2) is 6.20 Å². The lowest BCUT2D eigenvalue weighted by Gasteiger charge is -2.30. The highest BCUT2D eigenvalue weighted by Crippen LogP contribution is 2.28. The van der Waals surface area contributed by atoms with Crippen LogP contribution in [0.5, 0.6) is 0 Å². The van der Waals surface area contributed by atoms with Crippen LogP contribution in [0, 0.1) is 12.8 Å². The molecule has 1 amide bonds. The fourth-order valence-corrected chi connectivity index (χ4v) is 3.13. The van der Waals surface area contributed by atoms with Gasteiger partial charge in [0.1, 0.15) is 11.5 Å². The van der Waals surface area contributed by atoms with E-state index in [4.69, 9.17) is 11.6 Å². The lowest BCUT2D eigenvalue weighted by Crippen LogP contribution is -2.42. The second-order valence-corrected chi connectivity index (χ2v) is 6.01. The first-order valence-corrected chi connectivity index (χ1v) is 7.90. The van der Waals surface area contributed by atoms with Gasteiger partial charge >= 0.3 is 0 Å². The predicted molar refractivity (Wildman–Crippen MR) is 81.3 cm³/mol. The molecule has 1 aromatic heterocycles. The number of nitrogens with one attached hydrogen (secondary N) is 1. The van der Waals surface area contributed by atoms with Crippen LogP contribution in [0.4, 0.5) is 0 Å². The molecule has 2 N–H and O–H groups in total. The van der Waals surface area contributed by atoms with Crippen LogP contribution >= 0.6 is 11.6 Å². The third-order valence-corrected chi connectivity index (χ3v) is 4.33. The monoisotopic (exact) mass is 311 g/mol. The fraction of sp³-hybridized carbons (Fsp3) is 0.667. The number of hydrogen-bond donors (Lipinski definition) is 2. The van der Waals surface area contributed by atoms with E-state index in [0.29, 0.717) is 18.2 Å². The number of halogens is 1. The molecule has 2 rings (SSSR count). The van der Waals surface area contributed by atoms with Gasteiger partial charge in [0.2, 0.25) is 0 Å². The summed E-state index contributed by atoms with van der Waals surface area (Å²) in [5.74, 6) is 0.659. The van der Waals surface area contributed by atoms with E-state index in [-0.39, 0.29) is 29.3 Å². The van der Waals surface area contributed by atoms with E-state index in [0.717, 1.165) is 12.8 Å². The van der Waals surface area contributed by atoms with Gasteiger partial charge in [-0.15, -0.1) is 0 Å². The predicted octanol–water partition coefficient (Wildman–Crippen LogP) is 2.50. The molecule has 0 aliphatic heterocycles. The number of aliphatic hydroxyl groups excluding tert-OH is 1. The SMILES string of the molecule is Cc1ncc(Cl)c(C(=O)NC(CCO)C2CCCCC2)n1. The minimum Gasteiger partial charge on any atom is -0.396 e. The first kappa shape index (κ1) is 16.2. The largest absolute Gasteiger partial charge is 0.396 e. The van der Waals surface area contributed by atoms with Gasteiger partial charge in [-0.1, -0.05) is 30.9 Å². The number of carbonyl (C=O) groups is 1. The second kappa shape index (κ2) is 7.71. The van der Waals surface area contributed by atoms with Crippen LogP contribution in [0.25, 0.3) is 0 Å². The molecule has 1 unspecified atom stereocenters. The number of aryl methyl sites for hydroxylation is 1. The number of amides is 1. The smallest absolute Gasteiger partial charge is 0.271 e. The first-order chi connectivity index (χ1) is 10.1. The zero-order chi connectivity index (χ0) is 15.2. The van der Waals surface area contributed by atoms with Gasteiger partial charge in [-0.05, 0) is 32.1 Å². The third-order valence-electron chi connectivity index (χ3n) is 4.06. The van der Waals surface area contributed by atoms with Gasteiger partial charge in [-0.2, -0.15) is 0 Å². The lowest BCUT2D eigenvalue weighted by molar-refractivity contribution is 0.0894. The molecule has 116 valence electrons. The Morgan fingerprint density at radius 3 is 2.86 bits per heavy atom. The molecule has 0 spiro atoms. The third kappa shape index (κ3) is 4.38. The number of aliphatic hydroxyl groups is 1. The van der Waals surface area contributed by atoms with Gasteiger partial charge in [-0.25, -0.2) is 9.97 Å². The van der Waals surface area contributed by atoms with Gasteiger partial charge < -0.3 is 10.4 Å². The second-order valence-electron chi connectivity index (χ2n) is 5.60. The Labute approximate surface area is 130 Å². The Morgan fingerprint density at radius 2 is 2.19 bits per heavy atom. The maximum absolute atomic E-state index is 12.4. The molecule has 1 saturated carbocycles. The van der Waals surface area contributed by atoms with Crippen molar-refractivity contribution in [3.63, 3.8) is 0 Å². The summed E-state index contributed by atoms with van der Waals surface area (Å²) < 4.78 is 0. The van der Waals surface area contributed by atoms with E-state index < -0.39 is 0 Å². The van der Waals surface area contributed by atoms with Crippen molar-refractivity contribution in [2.45, 2.75) is 51.5 Å². The van der Waals surface area contributed by atoms with E-state index >= 15 is 0 Å². The number of nitrogens with zero attached hydrogens (tertiary/aromatic N) is 2. The minimum absolute atomic E-state index is 0.0193. The summed E-state index contributed by atoms with van der Waals surface area (Å²) in [7, 11) is 0. The summed E-state index contributed by atoms with van der Waals surface area (Å²) in [6.07, 6.45) is 7.85. The molecule has 1 aliphatic rings. The average molecular weight is 312 g/mol. The lowest BCUT2D eigenvalue weighted by atomic mass is 9.82. The van der Waals surface area contributed by atoms with Gasteiger partial charge in [0.15, 0.2) is 0 Å². The molecule has 0 saturated heterocycles. The van der Waals surface area contributed by atoms with Gasteiger partial charge in [-0.3, -0.25) is 4.79 Å². The Morgan fingerprint density at radius 1 is 1.48 bits per heavy atom. The zero-order valence-electron chi connectivity index (χ0n) is 12.3. The quantitative estimate of drug-likeness (QED) is 0.876. The molecular weight excluding hydrogens is 290 g/mol. The van der Waals surface area contributed by atoms with Crippen LogP contribution in [-0.4, -0.2) is 33.6 Å². The minimum atomic E-state index is -0.283. The van der Waals surface area contributed by atoms with E-state index in [1.54, 1.807) is 6.92 Å². The molecule has 1 heterocycles. The van der Waals surface area contributed by atoms with Crippen molar-refractivity contribution >= 4 is 17.5 Å². The van der Waals surface area contributed by atoms with Gasteiger partial charge in [0, 0.05) is 12.6 Å². The molecular formula is C15H22ClN3O2. The van der Waals surface area contributed by atoms with Crippen LogP contribution in [0.3, 0.4) is 0 Å². The molecule has 6 heteroatoms. The molecule has 0 radical (unpaired) electrons.